The molecule has 1 nitrogen and oxygen atoms in total. The van der Waals surface area contributed by atoms with E-state index in [2.05, 4.69) is 91.7 Å². The van der Waals surface area contributed by atoms with Gasteiger partial charge >= 0.3 is 0 Å². The van der Waals surface area contributed by atoms with Crippen LogP contribution in [0.3, 0.4) is 0 Å². The van der Waals surface area contributed by atoms with Crippen LogP contribution in [0.25, 0.3) is 11.1 Å². The molecule has 1 heteroatoms. The minimum Gasteiger partial charge on any atom is -0.344 e. The van der Waals surface area contributed by atoms with Gasteiger partial charge in [-0.3, -0.25) is 0 Å². The molecular weight excluding hydrogens is 266 g/mol. The topological polar surface area (TPSA) is 3.24 Å². The van der Waals surface area contributed by atoms with Crippen molar-refractivity contribution in [3.05, 3.63) is 83.9 Å². The van der Waals surface area contributed by atoms with E-state index in [0.717, 1.165) is 0 Å². The van der Waals surface area contributed by atoms with Gasteiger partial charge in [0.25, 0.3) is 0 Å². The van der Waals surface area contributed by atoms with Crippen LogP contribution >= 0.6 is 0 Å². The second-order valence-electron chi connectivity index (χ2n) is 5.98. The first-order valence-corrected chi connectivity index (χ1v) is 7.78. The van der Waals surface area contributed by atoms with Crippen molar-refractivity contribution in [3.63, 3.8) is 0 Å². The number of para-hydroxylation sites is 1. The summed E-state index contributed by atoms with van der Waals surface area (Å²) in [5.41, 5.74) is 8.00. The van der Waals surface area contributed by atoms with Crippen LogP contribution in [0.1, 0.15) is 24.0 Å². The smallest absolute Gasteiger partial charge is 0.0447 e. The van der Waals surface area contributed by atoms with E-state index in [9.17, 15) is 0 Å². The Labute approximate surface area is 131 Å². The first kappa shape index (κ1) is 13.1. The van der Waals surface area contributed by atoms with Crippen molar-refractivity contribution < 1.29 is 0 Å². The predicted octanol–water partition coefficient (Wildman–Crippen LogP) is 5.59. The van der Waals surface area contributed by atoms with Crippen LogP contribution in [0.5, 0.6) is 0 Å². The maximum absolute atomic E-state index is 2.35. The van der Waals surface area contributed by atoms with Crippen molar-refractivity contribution in [3.8, 4) is 11.1 Å². The average Bonchev–Trinajstić information content (AvgIpc) is 2.60. The highest BCUT2D eigenvalue weighted by molar-refractivity contribution is 5.78. The maximum Gasteiger partial charge on any atom is 0.0447 e. The normalized spacial score (nSPS) is 16.1. The zero-order chi connectivity index (χ0) is 15.1. The van der Waals surface area contributed by atoms with Crippen LogP contribution in [0.2, 0.25) is 0 Å². The molecule has 3 aromatic rings. The van der Waals surface area contributed by atoms with Gasteiger partial charge in [0.15, 0.2) is 0 Å². The lowest BCUT2D eigenvalue weighted by Crippen LogP contribution is -2.20. The standard InChI is InChI=1S/C21H19N/c1-15-18-10-6-7-11-20(18)22(2)21-13-12-17(14-19(15)21)16-8-4-3-5-9-16/h3-15H,1-2H3. The summed E-state index contributed by atoms with van der Waals surface area (Å²) in [6.45, 7) is 2.30. The Kier molecular flexibility index (Phi) is 3.00. The van der Waals surface area contributed by atoms with Crippen molar-refractivity contribution in [2.75, 3.05) is 11.9 Å². The lowest BCUT2D eigenvalue weighted by atomic mass is 9.85. The number of nitrogens with zero attached hydrogens (tertiary/aromatic N) is 1. The van der Waals surface area contributed by atoms with Crippen LogP contribution < -0.4 is 4.90 Å². The molecule has 0 fully saturated rings. The van der Waals surface area contributed by atoms with E-state index in [0.29, 0.717) is 5.92 Å². The molecule has 0 spiro atoms. The van der Waals surface area contributed by atoms with Gasteiger partial charge in [0.2, 0.25) is 0 Å². The van der Waals surface area contributed by atoms with Crippen molar-refractivity contribution in [1.82, 2.24) is 0 Å². The highest BCUT2D eigenvalue weighted by Gasteiger charge is 2.25. The Hall–Kier alpha value is -2.54. The largest absolute Gasteiger partial charge is 0.344 e. The number of benzene rings is 3. The highest BCUT2D eigenvalue weighted by atomic mass is 15.1. The molecule has 1 heterocycles. The molecule has 0 bridgehead atoms. The summed E-state index contributed by atoms with van der Waals surface area (Å²) in [6, 6.07) is 26.1. The maximum atomic E-state index is 2.35. The lowest BCUT2D eigenvalue weighted by molar-refractivity contribution is 0.883. The van der Waals surface area contributed by atoms with Gasteiger partial charge in [0.1, 0.15) is 0 Å². The van der Waals surface area contributed by atoms with Gasteiger partial charge in [0.05, 0.1) is 0 Å². The first-order valence-electron chi connectivity index (χ1n) is 7.78. The molecular formula is C21H19N. The molecule has 0 aliphatic carbocycles. The van der Waals surface area contributed by atoms with E-state index >= 15 is 0 Å². The van der Waals surface area contributed by atoms with Crippen molar-refractivity contribution in [1.29, 1.82) is 0 Å². The van der Waals surface area contributed by atoms with Crippen molar-refractivity contribution in [2.24, 2.45) is 0 Å². The van der Waals surface area contributed by atoms with E-state index < -0.39 is 0 Å². The monoisotopic (exact) mass is 285 g/mol. The zero-order valence-electron chi connectivity index (χ0n) is 13.0. The summed E-state index contributed by atoms with van der Waals surface area (Å²) in [4.78, 5) is 2.30. The SMILES string of the molecule is CC1c2ccccc2N(C)c2ccc(-c3ccccc3)cc21. The van der Waals surface area contributed by atoms with Crippen molar-refractivity contribution >= 4 is 11.4 Å². The Morgan fingerprint density at radius 1 is 0.682 bits per heavy atom. The summed E-state index contributed by atoms with van der Waals surface area (Å²) >= 11 is 0. The van der Waals surface area contributed by atoms with E-state index in [1.807, 2.05) is 0 Å². The van der Waals surface area contributed by atoms with Crippen LogP contribution in [-0.2, 0) is 0 Å². The predicted molar refractivity (Wildman–Crippen MR) is 93.9 cm³/mol. The molecule has 1 aliphatic rings. The van der Waals surface area contributed by atoms with Gasteiger partial charge in [-0.05, 0) is 40.5 Å². The van der Waals surface area contributed by atoms with Gasteiger partial charge in [-0.2, -0.15) is 0 Å². The number of fused-ring (bicyclic) bond motifs is 2. The fraction of sp³-hybridized carbons (Fsp3) is 0.143. The van der Waals surface area contributed by atoms with Gasteiger partial charge in [0, 0.05) is 24.3 Å². The van der Waals surface area contributed by atoms with Gasteiger partial charge in [-0.25, -0.2) is 0 Å². The second-order valence-corrected chi connectivity index (χ2v) is 5.98. The second kappa shape index (κ2) is 5.03. The summed E-state index contributed by atoms with van der Waals surface area (Å²) in [5, 5.41) is 0. The summed E-state index contributed by atoms with van der Waals surface area (Å²) in [6.07, 6.45) is 0. The summed E-state index contributed by atoms with van der Waals surface area (Å²) in [5.74, 6) is 0.422. The van der Waals surface area contributed by atoms with Crippen LogP contribution in [0.4, 0.5) is 11.4 Å². The molecule has 0 saturated carbocycles. The van der Waals surface area contributed by atoms with Gasteiger partial charge in [-0.1, -0.05) is 61.5 Å². The number of rotatable bonds is 1. The molecule has 0 radical (unpaired) electrons. The van der Waals surface area contributed by atoms with Crippen LogP contribution in [-0.4, -0.2) is 7.05 Å². The minimum atomic E-state index is 0.422. The quantitative estimate of drug-likeness (QED) is 0.563. The van der Waals surface area contributed by atoms with Gasteiger partial charge in [-0.15, -0.1) is 0 Å². The molecule has 0 N–H and O–H groups in total. The summed E-state index contributed by atoms with van der Waals surface area (Å²) in [7, 11) is 2.16. The average molecular weight is 285 g/mol. The Bertz CT molecular complexity index is 820. The summed E-state index contributed by atoms with van der Waals surface area (Å²) < 4.78 is 0. The number of hydrogen-bond donors (Lipinski definition) is 0. The Balaban J connectivity index is 1.87. The van der Waals surface area contributed by atoms with Crippen molar-refractivity contribution in [2.45, 2.75) is 12.8 Å². The Morgan fingerprint density at radius 2 is 1.36 bits per heavy atom. The molecule has 0 aromatic heterocycles. The van der Waals surface area contributed by atoms with Gasteiger partial charge < -0.3 is 4.90 Å². The molecule has 1 aliphatic heterocycles. The molecule has 0 amide bonds. The zero-order valence-corrected chi connectivity index (χ0v) is 13.0. The molecule has 4 rings (SSSR count). The van der Waals surface area contributed by atoms with Crippen LogP contribution in [0.15, 0.2) is 72.8 Å². The number of anilines is 2. The molecule has 0 saturated heterocycles. The fourth-order valence-electron chi connectivity index (χ4n) is 3.47. The minimum absolute atomic E-state index is 0.422. The molecule has 22 heavy (non-hydrogen) atoms. The van der Waals surface area contributed by atoms with E-state index in [4.69, 9.17) is 0 Å². The molecule has 108 valence electrons. The van der Waals surface area contributed by atoms with E-state index in [1.54, 1.807) is 0 Å². The Morgan fingerprint density at radius 3 is 2.18 bits per heavy atom. The van der Waals surface area contributed by atoms with E-state index in [-0.39, 0.29) is 0 Å². The third kappa shape index (κ3) is 1.93. The third-order valence-electron chi connectivity index (χ3n) is 4.73. The van der Waals surface area contributed by atoms with Crippen LogP contribution in [0, 0.1) is 0 Å². The number of hydrogen-bond acceptors (Lipinski definition) is 1. The molecule has 3 aromatic carbocycles. The highest BCUT2D eigenvalue weighted by Crippen LogP contribution is 2.45. The van der Waals surface area contributed by atoms with E-state index in [1.165, 1.54) is 33.6 Å². The third-order valence-corrected chi connectivity index (χ3v) is 4.73. The lowest BCUT2D eigenvalue weighted by Gasteiger charge is -2.34. The first-order chi connectivity index (χ1) is 10.8. The molecule has 1 atom stereocenters. The fourth-order valence-corrected chi connectivity index (χ4v) is 3.47. The molecule has 1 unspecified atom stereocenters.